The summed E-state index contributed by atoms with van der Waals surface area (Å²) in [5.41, 5.74) is 3.59. The van der Waals surface area contributed by atoms with Crippen molar-refractivity contribution in [3.8, 4) is 5.75 Å². The Morgan fingerprint density at radius 3 is 2.31 bits per heavy atom. The van der Waals surface area contributed by atoms with Crippen LogP contribution in [0.4, 0.5) is 0 Å². The second-order valence-corrected chi connectivity index (χ2v) is 4.96. The molecule has 0 saturated carbocycles. The van der Waals surface area contributed by atoms with E-state index in [2.05, 4.69) is 20.8 Å². The fourth-order valence-electron chi connectivity index (χ4n) is 1.31. The molecule has 1 rings (SSSR count). The van der Waals surface area contributed by atoms with Crippen LogP contribution in [0, 0.1) is 0 Å². The maximum atomic E-state index is 9.64. The zero-order valence-corrected chi connectivity index (χ0v) is 11.1. The molecule has 0 radical (unpaired) electrons. The second kappa shape index (κ2) is 5.73. The number of phenols is 1. The molecule has 0 bridgehead atoms. The molecule has 5 heteroatoms. The summed E-state index contributed by atoms with van der Waals surface area (Å²) < 4.78 is 0. The van der Waals surface area contributed by atoms with Crippen LogP contribution in [0.5, 0.6) is 5.75 Å². The number of nitrogens with one attached hydrogen (secondary N) is 1. The van der Waals surface area contributed by atoms with Crippen LogP contribution in [-0.4, -0.2) is 10.3 Å². The van der Waals surface area contributed by atoms with Gasteiger partial charge >= 0.3 is 0 Å². The number of hydroxylamine groups is 1. The number of aromatic hydroxyl groups is 1. The van der Waals surface area contributed by atoms with Gasteiger partial charge in [-0.3, -0.25) is 0 Å². The molecule has 0 atom stereocenters. The van der Waals surface area contributed by atoms with Gasteiger partial charge in [-0.25, -0.2) is 5.48 Å². The molecule has 0 amide bonds. The highest BCUT2D eigenvalue weighted by Gasteiger charge is 2.17. The normalized spacial score (nSPS) is 11.1. The summed E-state index contributed by atoms with van der Waals surface area (Å²) >= 11 is 5.90. The van der Waals surface area contributed by atoms with E-state index < -0.39 is 0 Å². The zero-order chi connectivity index (χ0) is 11.6. The monoisotopic (exact) mass is 265 g/mol. The predicted octanol–water partition coefficient (Wildman–Crippen LogP) is 3.24. The quantitative estimate of drug-likeness (QED) is 0.720. The minimum Gasteiger partial charge on any atom is -0.506 e. The Hall–Kier alpha value is -0.480. The van der Waals surface area contributed by atoms with Gasteiger partial charge in [0.2, 0.25) is 0 Å². The molecule has 0 aliphatic rings. The molecule has 0 spiro atoms. The number of phenolic OH excluding ortho intramolecular Hbond substituents is 1. The third-order valence-electron chi connectivity index (χ3n) is 2.28. The molecule has 16 heavy (non-hydrogen) atoms. The Morgan fingerprint density at radius 1 is 1.31 bits per heavy atom. The fourth-order valence-corrected chi connectivity index (χ4v) is 1.55. The van der Waals surface area contributed by atoms with Crippen LogP contribution in [0.3, 0.4) is 0 Å². The molecule has 0 aliphatic carbocycles. The molecule has 1 aromatic rings. The van der Waals surface area contributed by atoms with Crippen LogP contribution < -0.4 is 5.48 Å². The third kappa shape index (κ3) is 3.52. The van der Waals surface area contributed by atoms with Crippen molar-refractivity contribution in [2.45, 2.75) is 32.7 Å². The highest BCUT2D eigenvalue weighted by Crippen LogP contribution is 2.33. The van der Waals surface area contributed by atoms with E-state index in [-0.39, 0.29) is 30.1 Å². The molecule has 92 valence electrons. The van der Waals surface area contributed by atoms with Crippen LogP contribution in [0.1, 0.15) is 31.9 Å². The van der Waals surface area contributed by atoms with Gasteiger partial charge < -0.3 is 10.3 Å². The Kier molecular flexibility index (Phi) is 5.56. The number of hydrogen-bond donors (Lipinski definition) is 3. The van der Waals surface area contributed by atoms with Crippen LogP contribution in [0.25, 0.3) is 0 Å². The predicted molar refractivity (Wildman–Crippen MR) is 67.7 cm³/mol. The first-order valence-electron chi connectivity index (χ1n) is 4.75. The number of halogens is 2. The minimum absolute atomic E-state index is 0. The summed E-state index contributed by atoms with van der Waals surface area (Å²) in [5.74, 6) is 0.0196. The Labute approximate surface area is 107 Å². The van der Waals surface area contributed by atoms with E-state index in [0.29, 0.717) is 10.6 Å². The lowest BCUT2D eigenvalue weighted by molar-refractivity contribution is 0.160. The zero-order valence-electron chi connectivity index (χ0n) is 9.54. The molecule has 0 unspecified atom stereocenters. The van der Waals surface area contributed by atoms with Crippen LogP contribution in [0.15, 0.2) is 12.1 Å². The molecule has 3 nitrogen and oxygen atoms in total. The maximum Gasteiger partial charge on any atom is 0.138 e. The number of hydrogen-bond acceptors (Lipinski definition) is 3. The largest absolute Gasteiger partial charge is 0.506 e. The van der Waals surface area contributed by atoms with Gasteiger partial charge in [0.1, 0.15) is 5.75 Å². The number of benzene rings is 1. The topological polar surface area (TPSA) is 52.5 Å². The first-order valence-corrected chi connectivity index (χ1v) is 5.13. The van der Waals surface area contributed by atoms with Crippen molar-refractivity contribution >= 4 is 24.0 Å². The van der Waals surface area contributed by atoms with Crippen LogP contribution >= 0.6 is 24.0 Å². The average Bonchev–Trinajstić information content (AvgIpc) is 2.11. The summed E-state index contributed by atoms with van der Waals surface area (Å²) in [7, 11) is 0. The maximum absolute atomic E-state index is 9.64. The standard InChI is InChI=1S/C11H16ClNO2.ClH/c1-11(2,3)8-4-7(6-13-15)10(14)9(12)5-8;/h4-5,13-15H,6H2,1-3H3;1H. The lowest BCUT2D eigenvalue weighted by Gasteiger charge is -2.21. The smallest absolute Gasteiger partial charge is 0.138 e. The van der Waals surface area contributed by atoms with Gasteiger partial charge in [-0.2, -0.15) is 0 Å². The van der Waals surface area contributed by atoms with Crippen LogP contribution in [0.2, 0.25) is 5.02 Å². The molecule has 1 aromatic carbocycles. The summed E-state index contributed by atoms with van der Waals surface area (Å²) in [6.07, 6.45) is 0. The molecule has 0 aliphatic heterocycles. The first kappa shape index (κ1) is 15.5. The first-order chi connectivity index (χ1) is 6.86. The van der Waals surface area contributed by atoms with Crippen molar-refractivity contribution in [2.24, 2.45) is 0 Å². The van der Waals surface area contributed by atoms with Gasteiger partial charge in [0.05, 0.1) is 5.02 Å². The SMILES string of the molecule is CC(C)(C)c1cc(Cl)c(O)c(CNO)c1.Cl. The summed E-state index contributed by atoms with van der Waals surface area (Å²) in [6.45, 7) is 6.36. The van der Waals surface area contributed by atoms with E-state index in [1.54, 1.807) is 6.07 Å². The van der Waals surface area contributed by atoms with Gasteiger partial charge in [0, 0.05) is 12.1 Å². The van der Waals surface area contributed by atoms with E-state index in [0.717, 1.165) is 5.56 Å². The molecule has 3 N–H and O–H groups in total. The van der Waals surface area contributed by atoms with Gasteiger partial charge in [-0.1, -0.05) is 38.4 Å². The minimum atomic E-state index is -0.0401. The van der Waals surface area contributed by atoms with E-state index >= 15 is 0 Å². The van der Waals surface area contributed by atoms with Crippen molar-refractivity contribution < 1.29 is 10.3 Å². The highest BCUT2D eigenvalue weighted by molar-refractivity contribution is 6.32. The van der Waals surface area contributed by atoms with Gasteiger partial charge in [0.15, 0.2) is 0 Å². The lowest BCUT2D eigenvalue weighted by atomic mass is 9.86. The fraction of sp³-hybridized carbons (Fsp3) is 0.455. The lowest BCUT2D eigenvalue weighted by Crippen LogP contribution is -2.13. The Balaban J connectivity index is 0.00000225. The van der Waals surface area contributed by atoms with Gasteiger partial charge in [-0.05, 0) is 17.0 Å². The van der Waals surface area contributed by atoms with Crippen LogP contribution in [-0.2, 0) is 12.0 Å². The molecular weight excluding hydrogens is 249 g/mol. The van der Waals surface area contributed by atoms with E-state index in [1.807, 2.05) is 11.5 Å². The molecule has 0 aromatic heterocycles. The van der Waals surface area contributed by atoms with Crippen molar-refractivity contribution in [3.05, 3.63) is 28.3 Å². The molecule has 0 heterocycles. The molecule has 0 fully saturated rings. The summed E-state index contributed by atoms with van der Waals surface area (Å²) in [5, 5.41) is 18.6. The summed E-state index contributed by atoms with van der Waals surface area (Å²) in [6, 6.07) is 3.59. The molecule has 0 saturated heterocycles. The van der Waals surface area contributed by atoms with Crippen molar-refractivity contribution in [1.29, 1.82) is 0 Å². The van der Waals surface area contributed by atoms with Gasteiger partial charge in [-0.15, -0.1) is 12.4 Å². The second-order valence-electron chi connectivity index (χ2n) is 4.55. The summed E-state index contributed by atoms with van der Waals surface area (Å²) in [4.78, 5) is 0. The van der Waals surface area contributed by atoms with E-state index in [9.17, 15) is 5.11 Å². The Bertz CT molecular complexity index is 362. The average molecular weight is 266 g/mol. The highest BCUT2D eigenvalue weighted by atomic mass is 35.5. The number of rotatable bonds is 2. The van der Waals surface area contributed by atoms with Crippen molar-refractivity contribution in [3.63, 3.8) is 0 Å². The third-order valence-corrected chi connectivity index (χ3v) is 2.57. The van der Waals surface area contributed by atoms with Gasteiger partial charge in [0.25, 0.3) is 0 Å². The Morgan fingerprint density at radius 2 is 1.88 bits per heavy atom. The van der Waals surface area contributed by atoms with Crippen molar-refractivity contribution in [2.75, 3.05) is 0 Å². The molecular formula is C11H17Cl2NO2. The van der Waals surface area contributed by atoms with E-state index in [4.69, 9.17) is 16.8 Å². The van der Waals surface area contributed by atoms with Crippen molar-refractivity contribution in [1.82, 2.24) is 5.48 Å². The van der Waals surface area contributed by atoms with E-state index in [1.165, 1.54) is 0 Å².